The minimum absolute atomic E-state index is 0.0573. The van der Waals surface area contributed by atoms with Gasteiger partial charge in [0.25, 0.3) is 0 Å². The molecule has 2 N–H and O–H groups in total. The fraction of sp³-hybridized carbons (Fsp3) is 0.500. The van der Waals surface area contributed by atoms with E-state index in [2.05, 4.69) is 21.2 Å². The van der Waals surface area contributed by atoms with Crippen LogP contribution in [0.15, 0.2) is 28.7 Å². The number of hydrogen-bond donors (Lipinski definition) is 2. The van der Waals surface area contributed by atoms with Crippen LogP contribution in [0.1, 0.15) is 12.5 Å². The highest BCUT2D eigenvalue weighted by atomic mass is 79.9. The number of carbonyl (C=O) groups is 1. The fourth-order valence-electron chi connectivity index (χ4n) is 1.71. The van der Waals surface area contributed by atoms with Crippen LogP contribution in [0.5, 0.6) is 0 Å². The summed E-state index contributed by atoms with van der Waals surface area (Å²) in [6, 6.07) is 7.91. The van der Waals surface area contributed by atoms with Crippen LogP contribution >= 0.6 is 15.9 Å². The number of nitrogens with one attached hydrogen (secondary N) is 1. The summed E-state index contributed by atoms with van der Waals surface area (Å²) in [7, 11) is 1.52. The van der Waals surface area contributed by atoms with Crippen LogP contribution in [0.3, 0.4) is 0 Å². The molecule has 0 aromatic heterocycles. The quantitative estimate of drug-likeness (QED) is 0.801. The van der Waals surface area contributed by atoms with Gasteiger partial charge in [-0.1, -0.05) is 35.0 Å². The maximum Gasteiger partial charge on any atom is 0.223 e. The lowest BCUT2D eigenvalue weighted by atomic mass is 10.0. The van der Waals surface area contributed by atoms with E-state index < -0.39 is 6.10 Å². The molecule has 19 heavy (non-hydrogen) atoms. The van der Waals surface area contributed by atoms with Crippen molar-refractivity contribution in [3.05, 3.63) is 34.3 Å². The molecule has 0 aliphatic rings. The van der Waals surface area contributed by atoms with Crippen LogP contribution in [0.2, 0.25) is 0 Å². The monoisotopic (exact) mass is 329 g/mol. The van der Waals surface area contributed by atoms with E-state index in [4.69, 9.17) is 4.74 Å². The third-order valence-electron chi connectivity index (χ3n) is 2.77. The molecule has 0 spiro atoms. The summed E-state index contributed by atoms with van der Waals surface area (Å²) in [5, 5.41) is 12.2. The number of carbonyl (C=O) groups excluding carboxylic acids is 1. The van der Waals surface area contributed by atoms with Gasteiger partial charge in [0.05, 0.1) is 12.7 Å². The first-order chi connectivity index (χ1) is 9.02. The van der Waals surface area contributed by atoms with E-state index in [1.165, 1.54) is 7.11 Å². The van der Waals surface area contributed by atoms with Crippen LogP contribution in [-0.4, -0.2) is 37.4 Å². The van der Waals surface area contributed by atoms with Gasteiger partial charge in [-0.2, -0.15) is 0 Å². The first-order valence-electron chi connectivity index (χ1n) is 6.22. The van der Waals surface area contributed by atoms with Crippen molar-refractivity contribution in [2.24, 2.45) is 5.92 Å². The standard InChI is InChI=1S/C14H20BrNO3/c1-10(7-11-3-5-12(15)6-4-11)14(18)16-8-13(17)9-19-2/h3-6,10,13,17H,7-9H2,1-2H3,(H,16,18). The van der Waals surface area contributed by atoms with Crippen molar-refractivity contribution in [3.63, 3.8) is 0 Å². The lowest BCUT2D eigenvalue weighted by Gasteiger charge is -2.15. The highest BCUT2D eigenvalue weighted by Gasteiger charge is 2.14. The number of aliphatic hydroxyl groups is 1. The number of ether oxygens (including phenoxy) is 1. The number of halogens is 1. The van der Waals surface area contributed by atoms with Gasteiger partial charge in [-0.3, -0.25) is 4.79 Å². The Hall–Kier alpha value is -0.910. The van der Waals surface area contributed by atoms with Gasteiger partial charge in [0, 0.05) is 24.0 Å². The summed E-state index contributed by atoms with van der Waals surface area (Å²) in [5.41, 5.74) is 1.11. The molecular formula is C14H20BrNO3. The zero-order valence-corrected chi connectivity index (χ0v) is 12.8. The Morgan fingerprint density at radius 3 is 2.63 bits per heavy atom. The van der Waals surface area contributed by atoms with Crippen molar-refractivity contribution in [1.82, 2.24) is 5.32 Å². The Morgan fingerprint density at radius 2 is 2.05 bits per heavy atom. The Bertz CT molecular complexity index is 394. The van der Waals surface area contributed by atoms with Crippen molar-refractivity contribution >= 4 is 21.8 Å². The summed E-state index contributed by atoms with van der Waals surface area (Å²) < 4.78 is 5.82. The van der Waals surface area contributed by atoms with Crippen LogP contribution in [0.25, 0.3) is 0 Å². The van der Waals surface area contributed by atoms with Crippen LogP contribution in [-0.2, 0) is 16.0 Å². The van der Waals surface area contributed by atoms with Gasteiger partial charge < -0.3 is 15.2 Å². The van der Waals surface area contributed by atoms with Gasteiger partial charge in [0.1, 0.15) is 0 Å². The van der Waals surface area contributed by atoms with Gasteiger partial charge in [0.15, 0.2) is 0 Å². The van der Waals surface area contributed by atoms with Crippen LogP contribution < -0.4 is 5.32 Å². The summed E-state index contributed by atoms with van der Waals surface area (Å²) >= 11 is 3.38. The fourth-order valence-corrected chi connectivity index (χ4v) is 1.98. The Kier molecular flexibility index (Phi) is 7.05. The molecule has 5 heteroatoms. The molecule has 2 unspecified atom stereocenters. The second-order valence-electron chi connectivity index (χ2n) is 4.59. The van der Waals surface area contributed by atoms with E-state index >= 15 is 0 Å². The smallest absolute Gasteiger partial charge is 0.223 e. The minimum Gasteiger partial charge on any atom is -0.389 e. The highest BCUT2D eigenvalue weighted by Crippen LogP contribution is 2.13. The molecule has 2 atom stereocenters. The molecule has 0 radical (unpaired) electrons. The molecule has 0 aliphatic carbocycles. The second kappa shape index (κ2) is 8.30. The molecule has 0 saturated heterocycles. The molecule has 4 nitrogen and oxygen atoms in total. The highest BCUT2D eigenvalue weighted by molar-refractivity contribution is 9.10. The molecule has 0 saturated carbocycles. The maximum atomic E-state index is 11.9. The first kappa shape index (κ1) is 16.1. The molecule has 1 amide bonds. The molecule has 106 valence electrons. The maximum absolute atomic E-state index is 11.9. The number of rotatable bonds is 7. The number of benzene rings is 1. The number of aliphatic hydroxyl groups excluding tert-OH is 1. The van der Waals surface area contributed by atoms with Gasteiger partial charge in [-0.25, -0.2) is 0 Å². The predicted octanol–water partition coefficient (Wildman–Crippen LogP) is 1.75. The molecule has 1 aromatic rings. The van der Waals surface area contributed by atoms with Gasteiger partial charge >= 0.3 is 0 Å². The summed E-state index contributed by atoms with van der Waals surface area (Å²) in [5.74, 6) is -0.186. The van der Waals surface area contributed by atoms with E-state index in [-0.39, 0.29) is 25.0 Å². The van der Waals surface area contributed by atoms with Crippen molar-refractivity contribution in [2.45, 2.75) is 19.4 Å². The van der Waals surface area contributed by atoms with Crippen molar-refractivity contribution in [3.8, 4) is 0 Å². The molecule has 0 fully saturated rings. The van der Waals surface area contributed by atoms with Crippen molar-refractivity contribution in [1.29, 1.82) is 0 Å². The molecule has 1 aromatic carbocycles. The van der Waals surface area contributed by atoms with Crippen LogP contribution in [0, 0.1) is 5.92 Å². The topological polar surface area (TPSA) is 58.6 Å². The SMILES string of the molecule is COCC(O)CNC(=O)C(C)Cc1ccc(Br)cc1. The number of methoxy groups -OCH3 is 1. The average Bonchev–Trinajstić information content (AvgIpc) is 2.39. The zero-order valence-electron chi connectivity index (χ0n) is 11.2. The summed E-state index contributed by atoms with van der Waals surface area (Å²) in [4.78, 5) is 11.9. The Morgan fingerprint density at radius 1 is 1.42 bits per heavy atom. The van der Waals surface area contributed by atoms with Crippen molar-refractivity contribution < 1.29 is 14.6 Å². The molecule has 1 rings (SSSR count). The summed E-state index contributed by atoms with van der Waals surface area (Å²) in [6.07, 6.45) is 0.0216. The van der Waals surface area contributed by atoms with Gasteiger partial charge in [0.2, 0.25) is 5.91 Å². The molecule has 0 bridgehead atoms. The zero-order chi connectivity index (χ0) is 14.3. The van der Waals surface area contributed by atoms with Gasteiger partial charge in [-0.15, -0.1) is 0 Å². The summed E-state index contributed by atoms with van der Waals surface area (Å²) in [6.45, 7) is 2.32. The minimum atomic E-state index is -0.658. The van der Waals surface area contributed by atoms with E-state index in [9.17, 15) is 9.90 Å². The lowest BCUT2D eigenvalue weighted by molar-refractivity contribution is -0.125. The predicted molar refractivity (Wildman–Crippen MR) is 77.9 cm³/mol. The molecule has 0 heterocycles. The number of hydrogen-bond acceptors (Lipinski definition) is 3. The Balaban J connectivity index is 2.38. The molecule has 0 aliphatic heterocycles. The Labute approximate surface area is 122 Å². The lowest BCUT2D eigenvalue weighted by Crippen LogP contribution is -2.37. The van der Waals surface area contributed by atoms with E-state index in [0.717, 1.165) is 10.0 Å². The normalized spacial score (nSPS) is 13.9. The third kappa shape index (κ3) is 6.18. The molecular weight excluding hydrogens is 310 g/mol. The van der Waals surface area contributed by atoms with Crippen LogP contribution in [0.4, 0.5) is 0 Å². The van der Waals surface area contributed by atoms with E-state index in [1.807, 2.05) is 31.2 Å². The third-order valence-corrected chi connectivity index (χ3v) is 3.30. The number of amides is 1. The van der Waals surface area contributed by atoms with E-state index in [0.29, 0.717) is 6.42 Å². The van der Waals surface area contributed by atoms with Crippen molar-refractivity contribution in [2.75, 3.05) is 20.3 Å². The first-order valence-corrected chi connectivity index (χ1v) is 7.01. The van der Waals surface area contributed by atoms with E-state index in [1.54, 1.807) is 0 Å². The second-order valence-corrected chi connectivity index (χ2v) is 5.50. The average molecular weight is 330 g/mol. The van der Waals surface area contributed by atoms with Gasteiger partial charge in [-0.05, 0) is 24.1 Å². The largest absolute Gasteiger partial charge is 0.389 e.